The second-order valence-electron chi connectivity index (χ2n) is 6.06. The number of ketones is 2. The standard InChI is InChI=1S/C20H18N2O4/c1-13(23)11-22-18-10-16(8-9-17(18)19(21-22)14(2)24)20(25)26-12-15-6-4-3-5-7-15/h3-10H,11-12H2,1-2H3. The Hall–Kier alpha value is -3.28. The lowest BCUT2D eigenvalue weighted by molar-refractivity contribution is -0.117. The predicted molar refractivity (Wildman–Crippen MR) is 96.0 cm³/mol. The minimum atomic E-state index is -0.476. The van der Waals surface area contributed by atoms with Gasteiger partial charge in [-0.3, -0.25) is 14.3 Å². The second kappa shape index (κ2) is 7.31. The van der Waals surface area contributed by atoms with Crippen LogP contribution in [0.5, 0.6) is 0 Å². The summed E-state index contributed by atoms with van der Waals surface area (Å²) in [5.41, 5.74) is 2.07. The van der Waals surface area contributed by atoms with Gasteiger partial charge >= 0.3 is 5.97 Å². The quantitative estimate of drug-likeness (QED) is 0.504. The third-order valence-electron chi connectivity index (χ3n) is 3.91. The number of benzene rings is 2. The molecule has 2 aromatic carbocycles. The fraction of sp³-hybridized carbons (Fsp3) is 0.200. The summed E-state index contributed by atoms with van der Waals surface area (Å²) in [5, 5.41) is 4.83. The lowest BCUT2D eigenvalue weighted by Crippen LogP contribution is -2.09. The molecule has 6 heteroatoms. The third-order valence-corrected chi connectivity index (χ3v) is 3.91. The lowest BCUT2D eigenvalue weighted by atomic mass is 10.1. The van der Waals surface area contributed by atoms with Gasteiger partial charge in [-0.2, -0.15) is 5.10 Å². The van der Waals surface area contributed by atoms with E-state index in [4.69, 9.17) is 4.74 Å². The second-order valence-corrected chi connectivity index (χ2v) is 6.06. The number of nitrogens with zero attached hydrogens (tertiary/aromatic N) is 2. The maximum atomic E-state index is 12.4. The molecule has 0 amide bonds. The van der Waals surface area contributed by atoms with Crippen LogP contribution >= 0.6 is 0 Å². The first kappa shape index (κ1) is 17.5. The molecule has 3 aromatic rings. The molecule has 132 valence electrons. The van der Waals surface area contributed by atoms with E-state index in [1.165, 1.54) is 18.5 Å². The fourth-order valence-electron chi connectivity index (χ4n) is 2.70. The van der Waals surface area contributed by atoms with Gasteiger partial charge in [-0.25, -0.2) is 4.79 Å². The van der Waals surface area contributed by atoms with Crippen LogP contribution in [0.15, 0.2) is 48.5 Å². The highest BCUT2D eigenvalue weighted by Crippen LogP contribution is 2.22. The molecule has 0 aliphatic rings. The zero-order valence-corrected chi connectivity index (χ0v) is 14.6. The average Bonchev–Trinajstić information content (AvgIpc) is 2.98. The van der Waals surface area contributed by atoms with Crippen molar-refractivity contribution in [1.29, 1.82) is 0 Å². The molecule has 0 fully saturated rings. The van der Waals surface area contributed by atoms with Crippen LogP contribution in [0.2, 0.25) is 0 Å². The highest BCUT2D eigenvalue weighted by Gasteiger charge is 2.17. The van der Waals surface area contributed by atoms with Gasteiger partial charge in [0.25, 0.3) is 0 Å². The number of rotatable bonds is 6. The van der Waals surface area contributed by atoms with E-state index in [-0.39, 0.29) is 30.4 Å². The van der Waals surface area contributed by atoms with Crippen molar-refractivity contribution < 1.29 is 19.1 Å². The highest BCUT2D eigenvalue weighted by molar-refractivity contribution is 6.06. The van der Waals surface area contributed by atoms with E-state index in [1.54, 1.807) is 18.2 Å². The van der Waals surface area contributed by atoms with Crippen LogP contribution in [0.25, 0.3) is 10.9 Å². The summed E-state index contributed by atoms with van der Waals surface area (Å²) in [6.45, 7) is 3.07. The average molecular weight is 350 g/mol. The molecule has 0 bridgehead atoms. The molecule has 1 heterocycles. The monoisotopic (exact) mass is 350 g/mol. The molecule has 0 aliphatic carbocycles. The number of Topliss-reactive ketones (excluding diaryl/α,β-unsaturated/α-hetero) is 2. The number of fused-ring (bicyclic) bond motifs is 1. The molecule has 0 aliphatic heterocycles. The molecule has 3 rings (SSSR count). The Morgan fingerprint density at radius 2 is 1.77 bits per heavy atom. The number of carbonyl (C=O) groups excluding carboxylic acids is 3. The number of carbonyl (C=O) groups is 3. The molecule has 0 saturated heterocycles. The minimum absolute atomic E-state index is 0.0340. The first-order valence-corrected chi connectivity index (χ1v) is 8.17. The molecule has 0 N–H and O–H groups in total. The fourth-order valence-corrected chi connectivity index (χ4v) is 2.70. The van der Waals surface area contributed by atoms with Gasteiger partial charge in [-0.1, -0.05) is 30.3 Å². The van der Waals surface area contributed by atoms with Gasteiger partial charge in [-0.15, -0.1) is 0 Å². The van der Waals surface area contributed by atoms with Crippen LogP contribution in [0.3, 0.4) is 0 Å². The van der Waals surface area contributed by atoms with Crippen molar-refractivity contribution in [3.63, 3.8) is 0 Å². The zero-order chi connectivity index (χ0) is 18.7. The van der Waals surface area contributed by atoms with Gasteiger partial charge in [0.15, 0.2) is 11.6 Å². The summed E-state index contributed by atoms with van der Waals surface area (Å²) in [7, 11) is 0. The van der Waals surface area contributed by atoms with E-state index in [2.05, 4.69) is 5.10 Å². The first-order chi connectivity index (χ1) is 12.5. The van der Waals surface area contributed by atoms with Gasteiger partial charge in [0.2, 0.25) is 0 Å². The Kier molecular flexibility index (Phi) is 4.93. The van der Waals surface area contributed by atoms with Gasteiger partial charge in [-0.05, 0) is 30.7 Å². The summed E-state index contributed by atoms with van der Waals surface area (Å²) in [6.07, 6.45) is 0. The van der Waals surface area contributed by atoms with Crippen molar-refractivity contribution in [2.45, 2.75) is 27.0 Å². The van der Waals surface area contributed by atoms with Crippen molar-refractivity contribution in [1.82, 2.24) is 9.78 Å². The van der Waals surface area contributed by atoms with Crippen LogP contribution in [-0.4, -0.2) is 27.3 Å². The molecule has 0 unspecified atom stereocenters. The zero-order valence-electron chi connectivity index (χ0n) is 14.6. The van der Waals surface area contributed by atoms with E-state index in [1.807, 2.05) is 30.3 Å². The number of hydrogen-bond donors (Lipinski definition) is 0. The molecular weight excluding hydrogens is 332 g/mol. The summed E-state index contributed by atoms with van der Waals surface area (Å²) in [5.74, 6) is -0.769. The number of hydrogen-bond acceptors (Lipinski definition) is 5. The predicted octanol–water partition coefficient (Wildman–Crippen LogP) is 3.18. The number of ether oxygens (including phenoxy) is 1. The van der Waals surface area contributed by atoms with Gasteiger partial charge < -0.3 is 4.74 Å². The third kappa shape index (κ3) is 3.69. The van der Waals surface area contributed by atoms with Crippen molar-refractivity contribution in [3.8, 4) is 0 Å². The molecule has 26 heavy (non-hydrogen) atoms. The SMILES string of the molecule is CC(=O)Cn1nc(C(C)=O)c2ccc(C(=O)OCc3ccccc3)cc21. The van der Waals surface area contributed by atoms with E-state index in [0.717, 1.165) is 5.56 Å². The van der Waals surface area contributed by atoms with E-state index < -0.39 is 5.97 Å². The molecule has 0 atom stereocenters. The molecular formula is C20H18N2O4. The summed E-state index contributed by atoms with van der Waals surface area (Å²) in [6, 6.07) is 14.2. The highest BCUT2D eigenvalue weighted by atomic mass is 16.5. The molecule has 6 nitrogen and oxygen atoms in total. The van der Waals surface area contributed by atoms with Crippen LogP contribution in [0.1, 0.15) is 40.3 Å². The summed E-state index contributed by atoms with van der Waals surface area (Å²) in [4.78, 5) is 35.6. The minimum Gasteiger partial charge on any atom is -0.457 e. The Morgan fingerprint density at radius 3 is 2.42 bits per heavy atom. The molecule has 0 spiro atoms. The Bertz CT molecular complexity index is 990. The van der Waals surface area contributed by atoms with Gasteiger partial charge in [0, 0.05) is 12.3 Å². The van der Waals surface area contributed by atoms with Crippen molar-refractivity contribution >= 4 is 28.4 Å². The van der Waals surface area contributed by atoms with Crippen LogP contribution < -0.4 is 0 Å². The smallest absolute Gasteiger partial charge is 0.338 e. The normalized spacial score (nSPS) is 10.7. The maximum Gasteiger partial charge on any atom is 0.338 e. The van der Waals surface area contributed by atoms with Crippen LogP contribution in [-0.2, 0) is 22.7 Å². The van der Waals surface area contributed by atoms with Crippen LogP contribution in [0, 0.1) is 0 Å². The number of aromatic nitrogens is 2. The maximum absolute atomic E-state index is 12.4. The Balaban J connectivity index is 1.90. The summed E-state index contributed by atoms with van der Waals surface area (Å²) >= 11 is 0. The largest absolute Gasteiger partial charge is 0.457 e. The lowest BCUT2D eigenvalue weighted by Gasteiger charge is -2.06. The van der Waals surface area contributed by atoms with E-state index in [9.17, 15) is 14.4 Å². The Labute approximate surface area is 150 Å². The van der Waals surface area contributed by atoms with E-state index in [0.29, 0.717) is 16.5 Å². The van der Waals surface area contributed by atoms with E-state index >= 15 is 0 Å². The van der Waals surface area contributed by atoms with Crippen LogP contribution in [0.4, 0.5) is 0 Å². The molecule has 1 aromatic heterocycles. The summed E-state index contributed by atoms with van der Waals surface area (Å²) < 4.78 is 6.78. The Morgan fingerprint density at radius 1 is 1.04 bits per heavy atom. The molecule has 0 radical (unpaired) electrons. The van der Waals surface area contributed by atoms with Crippen molar-refractivity contribution in [2.24, 2.45) is 0 Å². The van der Waals surface area contributed by atoms with Crippen molar-refractivity contribution in [2.75, 3.05) is 0 Å². The van der Waals surface area contributed by atoms with Gasteiger partial charge in [0.1, 0.15) is 12.3 Å². The molecule has 0 saturated carbocycles. The van der Waals surface area contributed by atoms with Crippen molar-refractivity contribution in [3.05, 3.63) is 65.4 Å². The first-order valence-electron chi connectivity index (χ1n) is 8.17. The topological polar surface area (TPSA) is 78.3 Å². The van der Waals surface area contributed by atoms with Gasteiger partial charge in [0.05, 0.1) is 17.6 Å². The number of esters is 1.